The Morgan fingerprint density at radius 3 is 2.64 bits per heavy atom. The summed E-state index contributed by atoms with van der Waals surface area (Å²) in [5, 5.41) is 10.5. The molecule has 3 unspecified atom stereocenters. The molecular formula is C30H41N3O3. The lowest BCUT2D eigenvalue weighted by Crippen LogP contribution is -2.52. The van der Waals surface area contributed by atoms with E-state index in [1.165, 1.54) is 24.0 Å². The minimum absolute atomic E-state index is 0.136. The molecule has 0 bridgehead atoms. The van der Waals surface area contributed by atoms with Crippen LogP contribution in [0.5, 0.6) is 5.75 Å². The Balaban J connectivity index is 1.59. The molecule has 2 aromatic rings. The van der Waals surface area contributed by atoms with Gasteiger partial charge >= 0.3 is 0 Å². The zero-order chi connectivity index (χ0) is 25.6. The van der Waals surface area contributed by atoms with E-state index in [1.54, 1.807) is 6.07 Å². The van der Waals surface area contributed by atoms with E-state index in [-0.39, 0.29) is 34.1 Å². The van der Waals surface area contributed by atoms with Crippen LogP contribution in [0, 0.1) is 18.8 Å². The van der Waals surface area contributed by atoms with Gasteiger partial charge in [0, 0.05) is 36.8 Å². The van der Waals surface area contributed by atoms with Crippen molar-refractivity contribution in [3.63, 3.8) is 0 Å². The third-order valence-electron chi connectivity index (χ3n) is 9.39. The first kappa shape index (κ1) is 25.1. The zero-order valence-corrected chi connectivity index (χ0v) is 22.3. The number of aryl methyl sites for hydroxylation is 1. The second kappa shape index (κ2) is 9.70. The number of hydrogen-bond donors (Lipinski definition) is 2. The number of carbonyl (C=O) groups excluding carboxylic acids is 1. The van der Waals surface area contributed by atoms with Crippen LogP contribution in [0.4, 0.5) is 0 Å². The van der Waals surface area contributed by atoms with E-state index in [9.17, 15) is 14.7 Å². The van der Waals surface area contributed by atoms with Gasteiger partial charge in [-0.2, -0.15) is 0 Å². The van der Waals surface area contributed by atoms with Gasteiger partial charge in [-0.3, -0.25) is 9.59 Å². The molecule has 1 amide bonds. The van der Waals surface area contributed by atoms with E-state index in [0.29, 0.717) is 12.5 Å². The molecule has 2 fully saturated rings. The van der Waals surface area contributed by atoms with Gasteiger partial charge in [-0.15, -0.1) is 0 Å². The molecule has 2 N–H and O–H groups in total. The smallest absolute Gasteiger partial charge is 0.261 e. The number of phenols is 1. The second-order valence-corrected chi connectivity index (χ2v) is 11.6. The van der Waals surface area contributed by atoms with Crippen LogP contribution in [-0.4, -0.2) is 58.5 Å². The lowest BCUT2D eigenvalue weighted by atomic mass is 9.57. The first-order valence-corrected chi connectivity index (χ1v) is 13.8. The molecule has 36 heavy (non-hydrogen) atoms. The maximum atomic E-state index is 13.2. The number of nitrogens with zero attached hydrogens (tertiary/aromatic N) is 2. The molecular weight excluding hydrogens is 450 g/mol. The first-order valence-electron chi connectivity index (χ1n) is 13.8. The van der Waals surface area contributed by atoms with E-state index in [0.717, 1.165) is 62.5 Å². The molecule has 0 radical (unpaired) electrons. The molecule has 1 saturated heterocycles. The van der Waals surface area contributed by atoms with Crippen LogP contribution in [0.15, 0.2) is 29.1 Å². The van der Waals surface area contributed by atoms with E-state index in [4.69, 9.17) is 0 Å². The van der Waals surface area contributed by atoms with Crippen LogP contribution in [-0.2, 0) is 18.3 Å². The molecule has 194 valence electrons. The highest BCUT2D eigenvalue weighted by atomic mass is 16.3. The molecule has 1 saturated carbocycles. The summed E-state index contributed by atoms with van der Waals surface area (Å²) in [4.78, 5) is 33.8. The molecule has 3 atom stereocenters. The molecule has 5 rings (SSSR count). The summed E-state index contributed by atoms with van der Waals surface area (Å²) in [5.41, 5.74) is 4.16. The number of pyridine rings is 1. The molecule has 6 heteroatoms. The number of benzene rings is 1. The number of aromatic hydroxyl groups is 1. The molecule has 1 aliphatic heterocycles. The van der Waals surface area contributed by atoms with Crippen molar-refractivity contribution < 1.29 is 9.90 Å². The van der Waals surface area contributed by atoms with Crippen molar-refractivity contribution in [1.82, 2.24) is 14.8 Å². The summed E-state index contributed by atoms with van der Waals surface area (Å²) in [6.45, 7) is 9.26. The Bertz CT molecular complexity index is 1190. The summed E-state index contributed by atoms with van der Waals surface area (Å²) >= 11 is 0. The highest BCUT2D eigenvalue weighted by Gasteiger charge is 2.47. The third-order valence-corrected chi connectivity index (χ3v) is 9.39. The van der Waals surface area contributed by atoms with Gasteiger partial charge in [-0.25, -0.2) is 0 Å². The Morgan fingerprint density at radius 2 is 1.97 bits per heavy atom. The van der Waals surface area contributed by atoms with Crippen LogP contribution < -0.4 is 5.56 Å². The van der Waals surface area contributed by atoms with E-state index < -0.39 is 0 Å². The van der Waals surface area contributed by atoms with Crippen LogP contribution in [0.3, 0.4) is 0 Å². The summed E-state index contributed by atoms with van der Waals surface area (Å²) < 4.78 is 0. The Labute approximate surface area is 214 Å². The molecule has 0 spiro atoms. The van der Waals surface area contributed by atoms with Gasteiger partial charge in [0.05, 0.1) is 0 Å². The normalized spacial score (nSPS) is 24.7. The number of H-pyrrole nitrogens is 1. The monoisotopic (exact) mass is 491 g/mol. The van der Waals surface area contributed by atoms with Gasteiger partial charge in [0.2, 0.25) is 0 Å². The summed E-state index contributed by atoms with van der Waals surface area (Å²) in [5.74, 6) is 1.22. The SMILES string of the molecule is CCC1(c2cc(O)ccc2C)Cc2[nH]c(=O)c(C(=O)N3CCCC3)cc2CC1C(C)N(C)CC1CC1. The zero-order valence-electron chi connectivity index (χ0n) is 22.3. The van der Waals surface area contributed by atoms with Crippen molar-refractivity contribution in [2.24, 2.45) is 11.8 Å². The van der Waals surface area contributed by atoms with Gasteiger partial charge in [0.15, 0.2) is 0 Å². The molecule has 6 nitrogen and oxygen atoms in total. The highest BCUT2D eigenvalue weighted by molar-refractivity contribution is 5.94. The molecule has 2 aliphatic carbocycles. The number of fused-ring (bicyclic) bond motifs is 1. The maximum Gasteiger partial charge on any atom is 0.261 e. The number of aromatic amines is 1. The number of carbonyl (C=O) groups is 1. The largest absolute Gasteiger partial charge is 0.508 e. The number of phenolic OH excluding ortho intramolecular Hbond substituents is 1. The fourth-order valence-electron chi connectivity index (χ4n) is 6.91. The predicted molar refractivity (Wildman–Crippen MR) is 143 cm³/mol. The van der Waals surface area contributed by atoms with Gasteiger partial charge in [-0.1, -0.05) is 13.0 Å². The molecule has 3 aliphatic rings. The second-order valence-electron chi connectivity index (χ2n) is 11.6. The number of likely N-dealkylation sites (tertiary alicyclic amines) is 1. The van der Waals surface area contributed by atoms with Crippen molar-refractivity contribution in [3.8, 4) is 5.75 Å². The number of aromatic nitrogens is 1. The topological polar surface area (TPSA) is 76.6 Å². The predicted octanol–water partition coefficient (Wildman–Crippen LogP) is 4.42. The summed E-state index contributed by atoms with van der Waals surface area (Å²) in [6.07, 6.45) is 7.04. The lowest BCUT2D eigenvalue weighted by Gasteiger charge is -2.50. The minimum atomic E-state index is -0.277. The van der Waals surface area contributed by atoms with E-state index in [1.807, 2.05) is 23.1 Å². The number of amides is 1. The average molecular weight is 492 g/mol. The third kappa shape index (κ3) is 4.49. The minimum Gasteiger partial charge on any atom is -0.508 e. The van der Waals surface area contributed by atoms with E-state index >= 15 is 0 Å². The van der Waals surface area contributed by atoms with Gasteiger partial charge in [0.1, 0.15) is 11.3 Å². The Kier molecular flexibility index (Phi) is 6.75. The van der Waals surface area contributed by atoms with E-state index in [2.05, 4.69) is 37.7 Å². The van der Waals surface area contributed by atoms with Crippen molar-refractivity contribution in [2.45, 2.75) is 77.2 Å². The Hall–Kier alpha value is -2.60. The first-order chi connectivity index (χ1) is 17.2. The maximum absolute atomic E-state index is 13.2. The average Bonchev–Trinajstić information content (AvgIpc) is 3.51. The lowest BCUT2D eigenvalue weighted by molar-refractivity contribution is 0.0789. The fourth-order valence-corrected chi connectivity index (χ4v) is 6.91. The van der Waals surface area contributed by atoms with Crippen LogP contribution in [0.25, 0.3) is 0 Å². The number of hydrogen-bond acceptors (Lipinski definition) is 4. The molecule has 1 aromatic carbocycles. The summed E-state index contributed by atoms with van der Waals surface area (Å²) in [7, 11) is 2.24. The van der Waals surface area contributed by atoms with Crippen molar-refractivity contribution in [3.05, 3.63) is 62.6 Å². The van der Waals surface area contributed by atoms with Gasteiger partial charge < -0.3 is 19.9 Å². The Morgan fingerprint density at radius 1 is 1.25 bits per heavy atom. The van der Waals surface area contributed by atoms with Crippen LogP contribution >= 0.6 is 0 Å². The van der Waals surface area contributed by atoms with Crippen LogP contribution in [0.1, 0.15) is 78.7 Å². The van der Waals surface area contributed by atoms with Crippen LogP contribution in [0.2, 0.25) is 0 Å². The van der Waals surface area contributed by atoms with Gasteiger partial charge in [0.25, 0.3) is 11.5 Å². The standard InChI is InChI=1S/C30H41N3O3/c1-5-30(25-16-23(34)11-8-19(25)2)17-27-22(15-26(30)20(3)32(4)18-21-9-10-21)14-24(28(35)31-27)29(36)33-12-6-7-13-33/h8,11,14,16,20-21,26,34H,5-7,9-10,12-13,15,17-18H2,1-4H3,(H,31,35). The van der Waals surface area contributed by atoms with Crippen molar-refractivity contribution in [1.29, 1.82) is 0 Å². The highest BCUT2D eigenvalue weighted by Crippen LogP contribution is 2.49. The summed E-state index contributed by atoms with van der Waals surface area (Å²) in [6, 6.07) is 7.91. The fraction of sp³-hybridized carbons (Fsp3) is 0.600. The number of nitrogens with one attached hydrogen (secondary N) is 1. The quantitative estimate of drug-likeness (QED) is 0.601. The number of rotatable bonds is 7. The van der Waals surface area contributed by atoms with Crippen molar-refractivity contribution in [2.75, 3.05) is 26.7 Å². The molecule has 2 heterocycles. The van der Waals surface area contributed by atoms with Crippen molar-refractivity contribution >= 4 is 5.91 Å². The molecule has 1 aromatic heterocycles. The van der Waals surface area contributed by atoms with Gasteiger partial charge in [-0.05, 0) is 113 Å².